The van der Waals surface area contributed by atoms with E-state index in [-0.39, 0.29) is 5.82 Å². The number of nitrogens with one attached hydrogen (secondary N) is 1. The lowest BCUT2D eigenvalue weighted by Gasteiger charge is -2.09. The van der Waals surface area contributed by atoms with Crippen molar-refractivity contribution in [3.05, 3.63) is 58.1 Å². The number of benzene rings is 1. The number of pyridine rings is 1. The van der Waals surface area contributed by atoms with E-state index in [2.05, 4.69) is 10.3 Å². The van der Waals surface area contributed by atoms with Crippen LogP contribution in [0.25, 0.3) is 0 Å². The standard InChI is InChI=1S/C14H14ClFN2/c1-9-3-4-13(16)11(5-9)7-17-12-6-10(2)14(15)18-8-12/h3-6,8,17H,7H2,1-2H3. The Kier molecular flexibility index (Phi) is 3.82. The summed E-state index contributed by atoms with van der Waals surface area (Å²) in [5, 5.41) is 3.62. The molecule has 1 N–H and O–H groups in total. The van der Waals surface area contributed by atoms with Crippen LogP contribution in [0.3, 0.4) is 0 Å². The van der Waals surface area contributed by atoms with E-state index in [0.29, 0.717) is 17.3 Å². The van der Waals surface area contributed by atoms with Crippen molar-refractivity contribution in [2.45, 2.75) is 20.4 Å². The molecule has 0 aliphatic heterocycles. The van der Waals surface area contributed by atoms with E-state index in [0.717, 1.165) is 16.8 Å². The van der Waals surface area contributed by atoms with Crippen LogP contribution in [0.2, 0.25) is 5.15 Å². The molecule has 94 valence electrons. The van der Waals surface area contributed by atoms with E-state index < -0.39 is 0 Å². The molecule has 0 saturated heterocycles. The summed E-state index contributed by atoms with van der Waals surface area (Å²) in [6.45, 7) is 4.25. The highest BCUT2D eigenvalue weighted by Gasteiger charge is 2.03. The second-order valence-corrected chi connectivity index (χ2v) is 4.64. The fourth-order valence-electron chi connectivity index (χ4n) is 1.69. The SMILES string of the molecule is Cc1ccc(F)c(CNc2cnc(Cl)c(C)c2)c1. The van der Waals surface area contributed by atoms with Gasteiger partial charge in [0.15, 0.2) is 0 Å². The number of halogens is 2. The molecule has 4 heteroatoms. The number of rotatable bonds is 3. The van der Waals surface area contributed by atoms with Crippen LogP contribution >= 0.6 is 11.6 Å². The first-order chi connectivity index (χ1) is 8.56. The summed E-state index contributed by atoms with van der Waals surface area (Å²) in [7, 11) is 0. The Morgan fingerprint density at radius 1 is 1.28 bits per heavy atom. The molecule has 0 aliphatic rings. The Bertz CT molecular complexity index is 570. The van der Waals surface area contributed by atoms with Crippen molar-refractivity contribution in [2.24, 2.45) is 0 Å². The first-order valence-electron chi connectivity index (χ1n) is 5.67. The number of hydrogen-bond acceptors (Lipinski definition) is 2. The number of hydrogen-bond donors (Lipinski definition) is 1. The molecule has 2 nitrogen and oxygen atoms in total. The topological polar surface area (TPSA) is 24.9 Å². The quantitative estimate of drug-likeness (QED) is 0.844. The molecule has 18 heavy (non-hydrogen) atoms. The highest BCUT2D eigenvalue weighted by atomic mass is 35.5. The third-order valence-electron chi connectivity index (χ3n) is 2.70. The van der Waals surface area contributed by atoms with Crippen molar-refractivity contribution in [3.8, 4) is 0 Å². The molecule has 0 saturated carbocycles. The molecule has 0 radical (unpaired) electrons. The predicted molar refractivity (Wildman–Crippen MR) is 72.4 cm³/mol. The first-order valence-corrected chi connectivity index (χ1v) is 6.05. The second-order valence-electron chi connectivity index (χ2n) is 4.28. The zero-order chi connectivity index (χ0) is 13.1. The van der Waals surface area contributed by atoms with Gasteiger partial charge in [0.2, 0.25) is 0 Å². The van der Waals surface area contributed by atoms with Gasteiger partial charge in [-0.1, -0.05) is 29.3 Å². The summed E-state index contributed by atoms with van der Waals surface area (Å²) in [6, 6.07) is 6.96. The van der Waals surface area contributed by atoms with Gasteiger partial charge in [-0.25, -0.2) is 9.37 Å². The molecule has 2 aromatic rings. The molecule has 0 unspecified atom stereocenters. The van der Waals surface area contributed by atoms with Crippen molar-refractivity contribution >= 4 is 17.3 Å². The van der Waals surface area contributed by atoms with Crippen molar-refractivity contribution in [1.29, 1.82) is 0 Å². The van der Waals surface area contributed by atoms with E-state index in [9.17, 15) is 4.39 Å². The van der Waals surface area contributed by atoms with Gasteiger partial charge >= 0.3 is 0 Å². The van der Waals surface area contributed by atoms with Gasteiger partial charge in [-0.2, -0.15) is 0 Å². The van der Waals surface area contributed by atoms with E-state index in [1.54, 1.807) is 12.3 Å². The smallest absolute Gasteiger partial charge is 0.132 e. The molecule has 1 heterocycles. The molecule has 1 aromatic carbocycles. The minimum atomic E-state index is -0.202. The molecule has 0 bridgehead atoms. The minimum absolute atomic E-state index is 0.202. The third kappa shape index (κ3) is 2.99. The summed E-state index contributed by atoms with van der Waals surface area (Å²) in [6.07, 6.45) is 1.64. The average Bonchev–Trinajstić information content (AvgIpc) is 2.34. The van der Waals surface area contributed by atoms with E-state index in [1.807, 2.05) is 26.0 Å². The third-order valence-corrected chi connectivity index (χ3v) is 3.09. The maximum atomic E-state index is 13.5. The highest BCUT2D eigenvalue weighted by molar-refractivity contribution is 6.30. The van der Waals surface area contributed by atoms with Crippen LogP contribution in [-0.4, -0.2) is 4.98 Å². The van der Waals surface area contributed by atoms with Crippen molar-refractivity contribution in [3.63, 3.8) is 0 Å². The molecule has 0 atom stereocenters. The molecule has 0 amide bonds. The van der Waals surface area contributed by atoms with Crippen LogP contribution in [0.5, 0.6) is 0 Å². The van der Waals surface area contributed by atoms with Gasteiger partial charge < -0.3 is 5.32 Å². The summed E-state index contributed by atoms with van der Waals surface area (Å²) in [5.74, 6) is -0.202. The van der Waals surface area contributed by atoms with E-state index >= 15 is 0 Å². The van der Waals surface area contributed by atoms with Crippen LogP contribution in [0.4, 0.5) is 10.1 Å². The largest absolute Gasteiger partial charge is 0.380 e. The van der Waals surface area contributed by atoms with Gasteiger partial charge in [0.1, 0.15) is 11.0 Å². The first kappa shape index (κ1) is 12.8. The summed E-state index contributed by atoms with van der Waals surface area (Å²) in [5.41, 5.74) is 3.41. The monoisotopic (exact) mass is 264 g/mol. The molecule has 0 fully saturated rings. The van der Waals surface area contributed by atoms with Crippen LogP contribution < -0.4 is 5.32 Å². The Balaban J connectivity index is 2.11. The van der Waals surface area contributed by atoms with Gasteiger partial charge in [0, 0.05) is 12.1 Å². The Labute approximate surface area is 111 Å². The van der Waals surface area contributed by atoms with Crippen molar-refractivity contribution < 1.29 is 4.39 Å². The maximum absolute atomic E-state index is 13.5. The van der Waals surface area contributed by atoms with Gasteiger partial charge in [-0.15, -0.1) is 0 Å². The maximum Gasteiger partial charge on any atom is 0.132 e. The predicted octanol–water partition coefficient (Wildman–Crippen LogP) is 4.10. The van der Waals surface area contributed by atoms with E-state index in [1.165, 1.54) is 6.07 Å². The minimum Gasteiger partial charge on any atom is -0.380 e. The van der Waals surface area contributed by atoms with Gasteiger partial charge in [-0.3, -0.25) is 0 Å². The molecular formula is C14H14ClFN2. The zero-order valence-corrected chi connectivity index (χ0v) is 11.1. The average molecular weight is 265 g/mol. The Morgan fingerprint density at radius 2 is 2.06 bits per heavy atom. The number of anilines is 1. The van der Waals surface area contributed by atoms with Crippen LogP contribution in [-0.2, 0) is 6.54 Å². The normalized spacial score (nSPS) is 10.4. The van der Waals surface area contributed by atoms with Crippen LogP contribution in [0.15, 0.2) is 30.5 Å². The van der Waals surface area contributed by atoms with Gasteiger partial charge in [-0.05, 0) is 31.5 Å². The molecule has 1 aromatic heterocycles. The highest BCUT2D eigenvalue weighted by Crippen LogP contribution is 2.17. The number of aromatic nitrogens is 1. The summed E-state index contributed by atoms with van der Waals surface area (Å²) in [4.78, 5) is 4.04. The van der Waals surface area contributed by atoms with Gasteiger partial charge in [0.05, 0.1) is 11.9 Å². The molecular weight excluding hydrogens is 251 g/mol. The fraction of sp³-hybridized carbons (Fsp3) is 0.214. The van der Waals surface area contributed by atoms with Crippen molar-refractivity contribution in [2.75, 3.05) is 5.32 Å². The lowest BCUT2D eigenvalue weighted by Crippen LogP contribution is -2.03. The lowest BCUT2D eigenvalue weighted by molar-refractivity contribution is 0.612. The zero-order valence-electron chi connectivity index (χ0n) is 10.3. The summed E-state index contributed by atoms with van der Waals surface area (Å²) < 4.78 is 13.5. The number of nitrogens with zero attached hydrogens (tertiary/aromatic N) is 1. The van der Waals surface area contributed by atoms with Gasteiger partial charge in [0.25, 0.3) is 0 Å². The fourth-order valence-corrected chi connectivity index (χ4v) is 1.79. The second kappa shape index (κ2) is 5.36. The molecule has 2 rings (SSSR count). The van der Waals surface area contributed by atoms with Crippen LogP contribution in [0, 0.1) is 19.7 Å². The van der Waals surface area contributed by atoms with Crippen molar-refractivity contribution in [1.82, 2.24) is 4.98 Å². The lowest BCUT2D eigenvalue weighted by atomic mass is 10.1. The summed E-state index contributed by atoms with van der Waals surface area (Å²) >= 11 is 5.84. The molecule has 0 aliphatic carbocycles. The molecule has 0 spiro atoms. The Hall–Kier alpha value is -1.61. The number of aryl methyl sites for hydroxylation is 2. The van der Waals surface area contributed by atoms with E-state index in [4.69, 9.17) is 11.6 Å². The van der Waals surface area contributed by atoms with Crippen LogP contribution in [0.1, 0.15) is 16.7 Å². The Morgan fingerprint density at radius 3 is 2.78 bits per heavy atom.